The average molecular weight is 566 g/mol. The molecule has 0 aliphatic carbocycles. The van der Waals surface area contributed by atoms with Gasteiger partial charge in [0.05, 0.1) is 23.7 Å². The number of rotatable bonds is 5. The summed E-state index contributed by atoms with van der Waals surface area (Å²) in [6.45, 7) is 7.67. The number of allylic oxidation sites excluding steroid dienone is 3. The van der Waals surface area contributed by atoms with Gasteiger partial charge >= 0.3 is 0 Å². The molecule has 0 atom stereocenters. The molecule has 0 radical (unpaired) electrons. The van der Waals surface area contributed by atoms with Gasteiger partial charge in [0, 0.05) is 34.0 Å². The van der Waals surface area contributed by atoms with E-state index in [9.17, 15) is 5.26 Å². The molecule has 44 heavy (non-hydrogen) atoms. The van der Waals surface area contributed by atoms with Crippen LogP contribution in [0.1, 0.15) is 23.1 Å². The lowest BCUT2D eigenvalue weighted by Gasteiger charge is -2.39. The molecule has 0 amide bonds. The number of nitriles is 1. The maximum absolute atomic E-state index is 9.81. The monoisotopic (exact) mass is 565 g/mol. The van der Waals surface area contributed by atoms with Crippen LogP contribution >= 0.6 is 0 Å². The Morgan fingerprint density at radius 3 is 1.82 bits per heavy atom. The molecule has 5 aromatic carbocycles. The van der Waals surface area contributed by atoms with Crippen LogP contribution in [0.25, 0.3) is 38.4 Å². The third kappa shape index (κ3) is 4.66. The lowest BCUT2D eigenvalue weighted by Crippen LogP contribution is -2.34. The van der Waals surface area contributed by atoms with E-state index in [-0.39, 0.29) is 5.70 Å². The second kappa shape index (κ2) is 11.3. The molecule has 4 nitrogen and oxygen atoms in total. The van der Waals surface area contributed by atoms with Gasteiger partial charge in [0.25, 0.3) is 5.70 Å². The lowest BCUT2D eigenvalue weighted by molar-refractivity contribution is 0.0348. The number of nitrogens with zero attached hydrogens (tertiary/aromatic N) is 3. The normalized spacial score (nSPS) is 15.4. The molecular formula is C40H27N3O. The quantitative estimate of drug-likeness (QED) is 0.154. The van der Waals surface area contributed by atoms with Crippen molar-refractivity contribution in [3.63, 3.8) is 0 Å². The van der Waals surface area contributed by atoms with Crippen LogP contribution in [-0.4, -0.2) is 4.57 Å². The summed E-state index contributed by atoms with van der Waals surface area (Å²) in [6.07, 6.45) is 6.13. The zero-order valence-electron chi connectivity index (χ0n) is 23.9. The highest BCUT2D eigenvalue weighted by Gasteiger charge is 2.40. The van der Waals surface area contributed by atoms with E-state index in [1.807, 2.05) is 78.9 Å². The molecule has 0 bridgehead atoms. The van der Waals surface area contributed by atoms with Crippen molar-refractivity contribution >= 4 is 27.9 Å². The first-order valence-electron chi connectivity index (χ1n) is 14.5. The van der Waals surface area contributed by atoms with Crippen molar-refractivity contribution in [1.82, 2.24) is 4.57 Å². The van der Waals surface area contributed by atoms with Crippen LogP contribution in [-0.2, 0) is 10.3 Å². The summed E-state index contributed by atoms with van der Waals surface area (Å²) < 4.78 is 9.14. The first-order chi connectivity index (χ1) is 21.7. The van der Waals surface area contributed by atoms with E-state index in [1.165, 1.54) is 21.8 Å². The fourth-order valence-electron chi connectivity index (χ4n) is 6.18. The van der Waals surface area contributed by atoms with Gasteiger partial charge in [-0.25, -0.2) is 10.1 Å². The van der Waals surface area contributed by atoms with Crippen LogP contribution in [0.3, 0.4) is 0 Å². The number of aromatic nitrogens is 1. The third-order valence-electron chi connectivity index (χ3n) is 8.22. The van der Waals surface area contributed by atoms with Crippen molar-refractivity contribution in [1.29, 1.82) is 5.26 Å². The lowest BCUT2D eigenvalue weighted by atomic mass is 9.79. The Bertz CT molecular complexity index is 2060. The molecule has 4 heteroatoms. The van der Waals surface area contributed by atoms with E-state index in [1.54, 1.807) is 0 Å². The third-order valence-corrected chi connectivity index (χ3v) is 8.22. The Morgan fingerprint density at radius 1 is 0.727 bits per heavy atom. The van der Waals surface area contributed by atoms with Crippen molar-refractivity contribution in [3.05, 3.63) is 191 Å². The van der Waals surface area contributed by atoms with Gasteiger partial charge in [-0.2, -0.15) is 0 Å². The largest absolute Gasteiger partial charge is 0.478 e. The van der Waals surface area contributed by atoms with E-state index >= 15 is 0 Å². The molecule has 1 aliphatic rings. The highest BCUT2D eigenvalue weighted by Crippen LogP contribution is 2.45. The number of ether oxygens (including phenoxy) is 1. The van der Waals surface area contributed by atoms with Crippen molar-refractivity contribution in [2.75, 3.05) is 0 Å². The highest BCUT2D eigenvalue weighted by atomic mass is 16.5. The molecule has 0 saturated heterocycles. The molecule has 1 aliphatic heterocycles. The molecule has 1 aromatic heterocycles. The summed E-state index contributed by atoms with van der Waals surface area (Å²) in [5.74, 6) is 0.585. The summed E-state index contributed by atoms with van der Waals surface area (Å²) in [5.41, 5.74) is 6.19. The standard InChI is InChI=1S/C40H27N3O/c1-42-37(28-41)30-26-34(44-40(27-30,31-12-4-2-5-13-31)32-14-6-3-7-15-32)25-22-29-20-23-33(24-21-29)43-38-18-10-8-16-35(38)36-17-9-11-19-39(36)43/h2-26H,27H2/b25-22+,37-30+. The highest BCUT2D eigenvalue weighted by molar-refractivity contribution is 6.09. The first kappa shape index (κ1) is 26.8. The number of benzene rings is 5. The Balaban J connectivity index is 1.28. The SMILES string of the molecule is [C-]#[N+]/C(C#N)=C1C=C(/C=C/c2ccc(-n3c4ccccc4c4ccccc43)cc2)OC(c2ccccc2)(c2ccccc2)C\1. The van der Waals surface area contributed by atoms with Gasteiger partial charge in [-0.15, -0.1) is 0 Å². The molecule has 0 saturated carbocycles. The maximum Gasteiger partial charge on any atom is 0.265 e. The molecule has 0 unspecified atom stereocenters. The smallest absolute Gasteiger partial charge is 0.265 e. The minimum atomic E-state index is -0.889. The Morgan fingerprint density at radius 2 is 1.27 bits per heavy atom. The van der Waals surface area contributed by atoms with Crippen LogP contribution in [0.15, 0.2) is 163 Å². The number of hydrogen-bond acceptors (Lipinski definition) is 2. The van der Waals surface area contributed by atoms with E-state index in [0.717, 1.165) is 22.4 Å². The molecule has 7 rings (SSSR count). The second-order valence-corrected chi connectivity index (χ2v) is 10.8. The van der Waals surface area contributed by atoms with Crippen LogP contribution in [0.4, 0.5) is 0 Å². The average Bonchev–Trinajstić information content (AvgIpc) is 3.43. The maximum atomic E-state index is 9.81. The second-order valence-electron chi connectivity index (χ2n) is 10.8. The van der Waals surface area contributed by atoms with Crippen LogP contribution in [0.5, 0.6) is 0 Å². The zero-order chi connectivity index (χ0) is 29.9. The first-order valence-corrected chi connectivity index (χ1v) is 14.5. The summed E-state index contributed by atoms with van der Waals surface area (Å²) in [6, 6.07) is 47.6. The van der Waals surface area contributed by atoms with Gasteiger partial charge in [-0.1, -0.05) is 115 Å². The van der Waals surface area contributed by atoms with Gasteiger partial charge in [-0.05, 0) is 47.6 Å². The summed E-state index contributed by atoms with van der Waals surface area (Å²) in [5, 5.41) is 12.3. The topological polar surface area (TPSA) is 42.3 Å². The number of fused-ring (bicyclic) bond motifs is 3. The molecule has 208 valence electrons. The minimum absolute atomic E-state index is 0.0750. The van der Waals surface area contributed by atoms with Gasteiger partial charge < -0.3 is 9.30 Å². The predicted octanol–water partition coefficient (Wildman–Crippen LogP) is 9.74. The van der Waals surface area contributed by atoms with Gasteiger partial charge in [-0.3, -0.25) is 0 Å². The molecule has 0 spiro atoms. The Kier molecular flexibility index (Phi) is 6.87. The van der Waals surface area contributed by atoms with E-state index < -0.39 is 5.60 Å². The van der Waals surface area contributed by atoms with Gasteiger partial charge in [0.1, 0.15) is 5.76 Å². The molecule has 0 fully saturated rings. The van der Waals surface area contributed by atoms with Gasteiger partial charge in [0.15, 0.2) is 5.60 Å². The molecular weight excluding hydrogens is 538 g/mol. The Labute approximate surface area is 256 Å². The van der Waals surface area contributed by atoms with Crippen molar-refractivity contribution < 1.29 is 4.74 Å². The van der Waals surface area contributed by atoms with Crippen molar-refractivity contribution in [2.24, 2.45) is 0 Å². The summed E-state index contributed by atoms with van der Waals surface area (Å²) in [7, 11) is 0. The van der Waals surface area contributed by atoms with E-state index in [0.29, 0.717) is 17.8 Å². The fourth-order valence-corrected chi connectivity index (χ4v) is 6.18. The zero-order valence-corrected chi connectivity index (χ0v) is 23.9. The fraction of sp³-hybridized carbons (Fsp3) is 0.0500. The number of para-hydroxylation sites is 2. The summed E-state index contributed by atoms with van der Waals surface area (Å²) >= 11 is 0. The molecule has 0 N–H and O–H groups in total. The van der Waals surface area contributed by atoms with Crippen LogP contribution < -0.4 is 0 Å². The van der Waals surface area contributed by atoms with Crippen molar-refractivity contribution in [2.45, 2.75) is 12.0 Å². The van der Waals surface area contributed by atoms with Crippen molar-refractivity contribution in [3.8, 4) is 11.8 Å². The predicted molar refractivity (Wildman–Crippen MR) is 177 cm³/mol. The van der Waals surface area contributed by atoms with Crippen LogP contribution in [0.2, 0.25) is 0 Å². The van der Waals surface area contributed by atoms with Gasteiger partial charge in [0.2, 0.25) is 0 Å². The van der Waals surface area contributed by atoms with Crippen LogP contribution in [0, 0.1) is 17.9 Å². The molecule has 2 heterocycles. The summed E-state index contributed by atoms with van der Waals surface area (Å²) in [4.78, 5) is 3.55. The molecule has 6 aromatic rings. The van der Waals surface area contributed by atoms with E-state index in [4.69, 9.17) is 11.3 Å². The number of hydrogen-bond donors (Lipinski definition) is 0. The minimum Gasteiger partial charge on any atom is -0.478 e. The van der Waals surface area contributed by atoms with E-state index in [2.05, 4.69) is 88.3 Å². The Hall–Kier alpha value is -6.10.